The van der Waals surface area contributed by atoms with Crippen LogP contribution >= 0.6 is 0 Å². The predicted octanol–water partition coefficient (Wildman–Crippen LogP) is 4.19. The molecule has 0 aliphatic carbocycles. The third kappa shape index (κ3) is 4.51. The molecule has 0 atom stereocenters. The van der Waals surface area contributed by atoms with E-state index >= 15 is 0 Å². The van der Waals surface area contributed by atoms with Crippen LogP contribution in [0.3, 0.4) is 0 Å². The van der Waals surface area contributed by atoms with E-state index in [2.05, 4.69) is 5.32 Å². The lowest BCUT2D eigenvalue weighted by molar-refractivity contribution is -0.126. The SMILES string of the molecule is O=C(NCCc1cccc(F)c1)C1CCN(C(=O)c2cccc3ccccc23)CC1. The van der Waals surface area contributed by atoms with E-state index in [1.807, 2.05) is 53.4 Å². The molecule has 5 heteroatoms. The summed E-state index contributed by atoms with van der Waals surface area (Å²) < 4.78 is 13.2. The molecule has 2 amide bonds. The largest absolute Gasteiger partial charge is 0.356 e. The number of likely N-dealkylation sites (tertiary alicyclic amines) is 1. The van der Waals surface area contributed by atoms with Crippen molar-refractivity contribution in [3.63, 3.8) is 0 Å². The second-order valence-electron chi connectivity index (χ2n) is 7.76. The number of carbonyl (C=O) groups is 2. The summed E-state index contributed by atoms with van der Waals surface area (Å²) in [6.07, 6.45) is 1.91. The topological polar surface area (TPSA) is 49.4 Å². The molecule has 1 heterocycles. The van der Waals surface area contributed by atoms with E-state index in [-0.39, 0.29) is 23.5 Å². The predicted molar refractivity (Wildman–Crippen MR) is 116 cm³/mol. The Morgan fingerprint density at radius 3 is 2.50 bits per heavy atom. The molecule has 0 bridgehead atoms. The van der Waals surface area contributed by atoms with E-state index in [1.165, 1.54) is 12.1 Å². The quantitative estimate of drug-likeness (QED) is 0.693. The summed E-state index contributed by atoms with van der Waals surface area (Å²) in [5, 5.41) is 4.97. The maximum absolute atomic E-state index is 13.2. The Bertz CT molecular complexity index is 1050. The minimum Gasteiger partial charge on any atom is -0.356 e. The highest BCUT2D eigenvalue weighted by molar-refractivity contribution is 6.07. The van der Waals surface area contributed by atoms with E-state index in [0.717, 1.165) is 16.3 Å². The van der Waals surface area contributed by atoms with Crippen LogP contribution in [0.15, 0.2) is 66.7 Å². The summed E-state index contributed by atoms with van der Waals surface area (Å²) >= 11 is 0. The van der Waals surface area contributed by atoms with Crippen molar-refractivity contribution < 1.29 is 14.0 Å². The fourth-order valence-corrected chi connectivity index (χ4v) is 4.09. The van der Waals surface area contributed by atoms with Gasteiger partial charge in [-0.05, 0) is 53.8 Å². The van der Waals surface area contributed by atoms with Gasteiger partial charge in [-0.15, -0.1) is 0 Å². The van der Waals surface area contributed by atoms with E-state index in [1.54, 1.807) is 6.07 Å². The fraction of sp³-hybridized carbons (Fsp3) is 0.280. The van der Waals surface area contributed by atoms with Gasteiger partial charge in [0, 0.05) is 31.1 Å². The molecule has 0 radical (unpaired) electrons. The van der Waals surface area contributed by atoms with Crippen LogP contribution in [0.1, 0.15) is 28.8 Å². The number of nitrogens with one attached hydrogen (secondary N) is 1. The zero-order chi connectivity index (χ0) is 20.9. The molecule has 0 unspecified atom stereocenters. The van der Waals surface area contributed by atoms with Crippen LogP contribution in [-0.4, -0.2) is 36.3 Å². The van der Waals surface area contributed by atoms with Gasteiger partial charge in [0.25, 0.3) is 5.91 Å². The third-order valence-electron chi connectivity index (χ3n) is 5.77. The lowest BCUT2D eigenvalue weighted by Gasteiger charge is -2.31. The van der Waals surface area contributed by atoms with Crippen LogP contribution in [0.2, 0.25) is 0 Å². The Morgan fingerprint density at radius 2 is 1.70 bits per heavy atom. The van der Waals surface area contributed by atoms with Gasteiger partial charge in [-0.3, -0.25) is 9.59 Å². The Labute approximate surface area is 175 Å². The van der Waals surface area contributed by atoms with E-state index in [4.69, 9.17) is 0 Å². The van der Waals surface area contributed by atoms with E-state index in [9.17, 15) is 14.0 Å². The molecule has 0 spiro atoms. The molecule has 1 saturated heterocycles. The van der Waals surface area contributed by atoms with Gasteiger partial charge in [0.2, 0.25) is 5.91 Å². The maximum atomic E-state index is 13.2. The third-order valence-corrected chi connectivity index (χ3v) is 5.77. The molecule has 1 fully saturated rings. The molecule has 0 aromatic heterocycles. The Kier molecular flexibility index (Phi) is 6.07. The van der Waals surface area contributed by atoms with Crippen molar-refractivity contribution in [3.05, 3.63) is 83.7 Å². The first-order valence-corrected chi connectivity index (χ1v) is 10.4. The number of nitrogens with zero attached hydrogens (tertiary/aromatic N) is 1. The number of hydrogen-bond acceptors (Lipinski definition) is 2. The first-order chi connectivity index (χ1) is 14.6. The molecular weight excluding hydrogens is 379 g/mol. The van der Waals surface area contributed by atoms with Gasteiger partial charge in [-0.25, -0.2) is 4.39 Å². The van der Waals surface area contributed by atoms with Gasteiger partial charge in [0.05, 0.1) is 0 Å². The molecule has 4 nitrogen and oxygen atoms in total. The molecule has 30 heavy (non-hydrogen) atoms. The van der Waals surface area contributed by atoms with Gasteiger partial charge < -0.3 is 10.2 Å². The zero-order valence-electron chi connectivity index (χ0n) is 16.8. The van der Waals surface area contributed by atoms with E-state index in [0.29, 0.717) is 44.5 Å². The molecule has 0 saturated carbocycles. The average Bonchev–Trinajstić information content (AvgIpc) is 2.78. The molecular formula is C25H25FN2O2. The first-order valence-electron chi connectivity index (χ1n) is 10.4. The molecule has 3 aromatic rings. The highest BCUT2D eigenvalue weighted by atomic mass is 19.1. The van der Waals surface area contributed by atoms with Crippen molar-refractivity contribution in [2.75, 3.05) is 19.6 Å². The van der Waals surface area contributed by atoms with Crippen LogP contribution in [0.5, 0.6) is 0 Å². The van der Waals surface area contributed by atoms with Gasteiger partial charge in [-0.1, -0.05) is 48.5 Å². The van der Waals surface area contributed by atoms with Crippen molar-refractivity contribution >= 4 is 22.6 Å². The number of piperidine rings is 1. The number of benzene rings is 3. The number of hydrogen-bond donors (Lipinski definition) is 1. The van der Waals surface area contributed by atoms with Crippen LogP contribution < -0.4 is 5.32 Å². The molecule has 154 valence electrons. The molecule has 3 aromatic carbocycles. The Hall–Kier alpha value is -3.21. The van der Waals surface area contributed by atoms with Gasteiger partial charge in [0.15, 0.2) is 0 Å². The van der Waals surface area contributed by atoms with Crippen molar-refractivity contribution in [2.24, 2.45) is 5.92 Å². The van der Waals surface area contributed by atoms with Gasteiger partial charge in [0.1, 0.15) is 5.82 Å². The maximum Gasteiger partial charge on any atom is 0.254 e. The Morgan fingerprint density at radius 1 is 0.967 bits per heavy atom. The van der Waals surface area contributed by atoms with Crippen molar-refractivity contribution in [3.8, 4) is 0 Å². The highest BCUT2D eigenvalue weighted by Crippen LogP contribution is 2.23. The van der Waals surface area contributed by atoms with Crippen molar-refractivity contribution in [2.45, 2.75) is 19.3 Å². The lowest BCUT2D eigenvalue weighted by atomic mass is 9.94. The smallest absolute Gasteiger partial charge is 0.254 e. The molecule has 1 aliphatic rings. The number of halogens is 1. The summed E-state index contributed by atoms with van der Waals surface area (Å²) in [5.74, 6) is -0.309. The minimum atomic E-state index is -0.262. The fourth-order valence-electron chi connectivity index (χ4n) is 4.09. The number of rotatable bonds is 5. The van der Waals surface area contributed by atoms with Crippen LogP contribution in [-0.2, 0) is 11.2 Å². The normalized spacial score (nSPS) is 14.6. The summed E-state index contributed by atoms with van der Waals surface area (Å²) in [7, 11) is 0. The highest BCUT2D eigenvalue weighted by Gasteiger charge is 2.28. The minimum absolute atomic E-state index is 0.0173. The van der Waals surface area contributed by atoms with E-state index < -0.39 is 0 Å². The number of amides is 2. The molecule has 1 aliphatic heterocycles. The van der Waals surface area contributed by atoms with Crippen LogP contribution in [0, 0.1) is 11.7 Å². The average molecular weight is 404 g/mol. The second kappa shape index (κ2) is 9.08. The number of fused-ring (bicyclic) bond motifs is 1. The summed E-state index contributed by atoms with van der Waals surface area (Å²) in [5.41, 5.74) is 1.58. The molecule has 1 N–H and O–H groups in total. The van der Waals surface area contributed by atoms with Crippen molar-refractivity contribution in [1.82, 2.24) is 10.2 Å². The first kappa shape index (κ1) is 20.1. The zero-order valence-corrected chi connectivity index (χ0v) is 16.8. The van der Waals surface area contributed by atoms with Crippen molar-refractivity contribution in [1.29, 1.82) is 0 Å². The summed E-state index contributed by atoms with van der Waals surface area (Å²) in [6.45, 7) is 1.63. The monoisotopic (exact) mass is 404 g/mol. The van der Waals surface area contributed by atoms with Gasteiger partial charge >= 0.3 is 0 Å². The Balaban J connectivity index is 1.30. The second-order valence-corrected chi connectivity index (χ2v) is 7.76. The summed E-state index contributed by atoms with van der Waals surface area (Å²) in [4.78, 5) is 27.4. The summed E-state index contributed by atoms with van der Waals surface area (Å²) in [6, 6.07) is 20.1. The lowest BCUT2D eigenvalue weighted by Crippen LogP contribution is -2.43. The number of carbonyl (C=O) groups excluding carboxylic acids is 2. The van der Waals surface area contributed by atoms with Crippen LogP contribution in [0.4, 0.5) is 4.39 Å². The van der Waals surface area contributed by atoms with Gasteiger partial charge in [-0.2, -0.15) is 0 Å². The standard InChI is InChI=1S/C25H25FN2O2/c26-21-8-3-5-18(17-21)11-14-27-24(29)20-12-15-28(16-13-20)25(30)23-10-4-7-19-6-1-2-9-22(19)23/h1-10,17,20H,11-16H2,(H,27,29). The molecule has 4 rings (SSSR count). The van der Waals surface area contributed by atoms with Crippen LogP contribution in [0.25, 0.3) is 10.8 Å².